The van der Waals surface area contributed by atoms with Crippen LogP contribution < -0.4 is 11.1 Å². The normalized spacial score (nSPS) is 15.4. The Morgan fingerprint density at radius 3 is 2.94 bits per heavy atom. The van der Waals surface area contributed by atoms with E-state index in [0.29, 0.717) is 5.69 Å². The van der Waals surface area contributed by atoms with E-state index in [1.807, 2.05) is 19.1 Å². The zero-order chi connectivity index (χ0) is 12.3. The molecule has 1 aliphatic rings. The molecule has 0 saturated heterocycles. The minimum absolute atomic E-state index is 0.120. The first-order valence-electron chi connectivity index (χ1n) is 5.93. The number of nitrogen functional groups attached to an aromatic ring is 1. The van der Waals surface area contributed by atoms with Gasteiger partial charge in [-0.25, -0.2) is 0 Å². The molecule has 1 saturated carbocycles. The summed E-state index contributed by atoms with van der Waals surface area (Å²) >= 11 is 0. The van der Waals surface area contributed by atoms with Crippen LogP contribution in [0.4, 0.5) is 11.4 Å². The molecule has 4 heteroatoms. The van der Waals surface area contributed by atoms with Crippen LogP contribution in [0.2, 0.25) is 0 Å². The van der Waals surface area contributed by atoms with Crippen LogP contribution in [0.25, 0.3) is 0 Å². The number of aryl methyl sites for hydroxylation is 1. The van der Waals surface area contributed by atoms with E-state index in [0.717, 1.165) is 24.1 Å². The Morgan fingerprint density at radius 1 is 1.53 bits per heavy atom. The molecule has 0 unspecified atom stereocenters. The zero-order valence-corrected chi connectivity index (χ0v) is 10.0. The van der Waals surface area contributed by atoms with Crippen LogP contribution in [-0.2, 0) is 9.53 Å². The summed E-state index contributed by atoms with van der Waals surface area (Å²) in [5, 5.41) is 2.81. The highest BCUT2D eigenvalue weighted by molar-refractivity contribution is 5.92. The largest absolute Gasteiger partial charge is 0.399 e. The summed E-state index contributed by atoms with van der Waals surface area (Å²) in [5.41, 5.74) is 8.07. The molecular weight excluding hydrogens is 216 g/mol. The Balaban J connectivity index is 1.86. The summed E-state index contributed by atoms with van der Waals surface area (Å²) in [4.78, 5) is 11.6. The molecule has 1 fully saturated rings. The maximum Gasteiger partial charge on any atom is 0.250 e. The standard InChI is InChI=1S/C13H18N2O2/c1-9-5-6-10(14)7-12(9)15-13(16)8-17-11-3-2-4-11/h5-7,11H,2-4,8,14H2,1H3,(H,15,16). The summed E-state index contributed by atoms with van der Waals surface area (Å²) in [7, 11) is 0. The molecule has 0 radical (unpaired) electrons. The van der Waals surface area contributed by atoms with E-state index in [1.54, 1.807) is 6.07 Å². The second-order valence-electron chi connectivity index (χ2n) is 4.49. The Bertz CT molecular complexity index is 414. The van der Waals surface area contributed by atoms with Gasteiger partial charge in [-0.05, 0) is 43.9 Å². The minimum Gasteiger partial charge on any atom is -0.399 e. The van der Waals surface area contributed by atoms with Crippen molar-refractivity contribution in [1.29, 1.82) is 0 Å². The van der Waals surface area contributed by atoms with Crippen molar-refractivity contribution in [3.63, 3.8) is 0 Å². The fourth-order valence-electron chi connectivity index (χ4n) is 1.69. The molecule has 2 rings (SSSR count). The molecule has 0 bridgehead atoms. The predicted molar refractivity (Wildman–Crippen MR) is 67.8 cm³/mol. The first-order chi connectivity index (χ1) is 8.15. The van der Waals surface area contributed by atoms with Gasteiger partial charge in [0.15, 0.2) is 0 Å². The van der Waals surface area contributed by atoms with Gasteiger partial charge in [0.05, 0.1) is 6.10 Å². The fourth-order valence-corrected chi connectivity index (χ4v) is 1.69. The van der Waals surface area contributed by atoms with Gasteiger partial charge in [0.1, 0.15) is 6.61 Å². The van der Waals surface area contributed by atoms with E-state index in [9.17, 15) is 4.79 Å². The zero-order valence-electron chi connectivity index (χ0n) is 10.0. The van der Waals surface area contributed by atoms with Crippen LogP contribution in [0.5, 0.6) is 0 Å². The van der Waals surface area contributed by atoms with Crippen molar-refractivity contribution in [2.24, 2.45) is 0 Å². The predicted octanol–water partition coefficient (Wildman–Crippen LogP) is 2.08. The third-order valence-corrected chi connectivity index (χ3v) is 3.04. The summed E-state index contributed by atoms with van der Waals surface area (Å²) in [6.07, 6.45) is 3.64. The van der Waals surface area contributed by atoms with Gasteiger partial charge in [0.25, 0.3) is 0 Å². The Morgan fingerprint density at radius 2 is 2.29 bits per heavy atom. The van der Waals surface area contributed by atoms with Crippen LogP contribution >= 0.6 is 0 Å². The monoisotopic (exact) mass is 234 g/mol. The first kappa shape index (κ1) is 11.9. The lowest BCUT2D eigenvalue weighted by Gasteiger charge is -2.25. The van der Waals surface area contributed by atoms with Crippen LogP contribution in [0.3, 0.4) is 0 Å². The van der Waals surface area contributed by atoms with Gasteiger partial charge in [-0.3, -0.25) is 4.79 Å². The molecule has 1 aromatic carbocycles. The van der Waals surface area contributed by atoms with Crippen molar-refractivity contribution in [2.45, 2.75) is 32.3 Å². The number of nitrogens with two attached hydrogens (primary N) is 1. The van der Waals surface area contributed by atoms with E-state index in [1.165, 1.54) is 6.42 Å². The Kier molecular flexibility index (Phi) is 3.64. The number of ether oxygens (including phenoxy) is 1. The topological polar surface area (TPSA) is 64.3 Å². The molecule has 0 aliphatic heterocycles. The van der Waals surface area contributed by atoms with Gasteiger partial charge >= 0.3 is 0 Å². The molecule has 1 aromatic rings. The number of amides is 1. The Labute approximate surface area is 101 Å². The summed E-state index contributed by atoms with van der Waals surface area (Å²) in [6.45, 7) is 2.06. The summed E-state index contributed by atoms with van der Waals surface area (Å²) < 4.78 is 5.44. The summed E-state index contributed by atoms with van der Waals surface area (Å²) in [5.74, 6) is -0.120. The fraction of sp³-hybridized carbons (Fsp3) is 0.462. The number of hydrogen-bond donors (Lipinski definition) is 2. The Hall–Kier alpha value is -1.55. The van der Waals surface area contributed by atoms with Crippen LogP contribution in [0, 0.1) is 6.92 Å². The number of nitrogens with one attached hydrogen (secondary N) is 1. The SMILES string of the molecule is Cc1ccc(N)cc1NC(=O)COC1CCC1. The minimum atomic E-state index is -0.120. The average Bonchev–Trinajstić information content (AvgIpc) is 2.21. The molecule has 4 nitrogen and oxygen atoms in total. The lowest BCUT2D eigenvalue weighted by molar-refractivity contribution is -0.124. The van der Waals surface area contributed by atoms with Gasteiger partial charge in [0.2, 0.25) is 5.91 Å². The average molecular weight is 234 g/mol. The van der Waals surface area contributed by atoms with Crippen molar-refractivity contribution >= 4 is 17.3 Å². The summed E-state index contributed by atoms with van der Waals surface area (Å²) in [6, 6.07) is 5.46. The number of carbonyl (C=O) groups is 1. The van der Waals surface area contributed by atoms with Crippen molar-refractivity contribution in [3.8, 4) is 0 Å². The highest BCUT2D eigenvalue weighted by Gasteiger charge is 2.19. The van der Waals surface area contributed by atoms with Gasteiger partial charge < -0.3 is 15.8 Å². The lowest BCUT2D eigenvalue weighted by Crippen LogP contribution is -2.27. The quantitative estimate of drug-likeness (QED) is 0.784. The maximum atomic E-state index is 11.6. The number of anilines is 2. The van der Waals surface area contributed by atoms with Crippen LogP contribution in [-0.4, -0.2) is 18.6 Å². The second kappa shape index (κ2) is 5.19. The number of rotatable bonds is 4. The van der Waals surface area contributed by atoms with E-state index < -0.39 is 0 Å². The number of benzene rings is 1. The molecule has 0 aromatic heterocycles. The van der Waals surface area contributed by atoms with E-state index in [4.69, 9.17) is 10.5 Å². The third kappa shape index (κ3) is 3.20. The lowest BCUT2D eigenvalue weighted by atomic mass is 9.96. The van der Waals surface area contributed by atoms with Gasteiger partial charge in [-0.2, -0.15) is 0 Å². The molecule has 17 heavy (non-hydrogen) atoms. The van der Waals surface area contributed by atoms with E-state index in [2.05, 4.69) is 5.32 Å². The van der Waals surface area contributed by atoms with E-state index >= 15 is 0 Å². The van der Waals surface area contributed by atoms with Crippen molar-refractivity contribution in [2.75, 3.05) is 17.7 Å². The molecule has 3 N–H and O–H groups in total. The molecule has 0 heterocycles. The van der Waals surface area contributed by atoms with Crippen LogP contribution in [0.1, 0.15) is 24.8 Å². The second-order valence-corrected chi connectivity index (χ2v) is 4.49. The third-order valence-electron chi connectivity index (χ3n) is 3.04. The molecule has 1 aliphatic carbocycles. The van der Waals surface area contributed by atoms with Gasteiger partial charge in [-0.1, -0.05) is 6.07 Å². The maximum absolute atomic E-state index is 11.6. The van der Waals surface area contributed by atoms with Crippen molar-refractivity contribution in [3.05, 3.63) is 23.8 Å². The highest BCUT2D eigenvalue weighted by atomic mass is 16.5. The molecular formula is C13H18N2O2. The first-order valence-corrected chi connectivity index (χ1v) is 5.93. The molecule has 0 atom stereocenters. The van der Waals surface area contributed by atoms with Gasteiger partial charge in [0, 0.05) is 11.4 Å². The van der Waals surface area contributed by atoms with Gasteiger partial charge in [-0.15, -0.1) is 0 Å². The molecule has 1 amide bonds. The van der Waals surface area contributed by atoms with Crippen molar-refractivity contribution < 1.29 is 9.53 Å². The van der Waals surface area contributed by atoms with Crippen LogP contribution in [0.15, 0.2) is 18.2 Å². The highest BCUT2D eigenvalue weighted by Crippen LogP contribution is 2.22. The number of hydrogen-bond acceptors (Lipinski definition) is 3. The molecule has 0 spiro atoms. The number of carbonyl (C=O) groups excluding carboxylic acids is 1. The smallest absolute Gasteiger partial charge is 0.250 e. The van der Waals surface area contributed by atoms with Crippen molar-refractivity contribution in [1.82, 2.24) is 0 Å². The molecule has 92 valence electrons. The van der Waals surface area contributed by atoms with E-state index in [-0.39, 0.29) is 18.6 Å².